The van der Waals surface area contributed by atoms with E-state index in [0.29, 0.717) is 5.78 Å². The predicted octanol–water partition coefficient (Wildman–Crippen LogP) is 3.66. The first kappa shape index (κ1) is 12.7. The van der Waals surface area contributed by atoms with Crippen molar-refractivity contribution in [2.75, 3.05) is 7.11 Å². The molecule has 1 aromatic carbocycles. The van der Waals surface area contributed by atoms with Crippen LogP contribution >= 0.6 is 0 Å². The van der Waals surface area contributed by atoms with Crippen LogP contribution in [-0.4, -0.2) is 12.9 Å². The Morgan fingerprint density at radius 1 is 1.16 bits per heavy atom. The van der Waals surface area contributed by atoms with Crippen LogP contribution in [0.25, 0.3) is 0 Å². The molecule has 0 aliphatic heterocycles. The first-order valence-corrected chi connectivity index (χ1v) is 7.18. The number of carbonyl (C=O) groups is 1. The van der Waals surface area contributed by atoms with Crippen molar-refractivity contribution in [1.29, 1.82) is 0 Å². The van der Waals surface area contributed by atoms with Gasteiger partial charge in [-0.25, -0.2) is 0 Å². The number of methoxy groups -OCH3 is 1. The molecule has 0 atom stereocenters. The minimum Gasteiger partial charge on any atom is -0.497 e. The van der Waals surface area contributed by atoms with E-state index in [-0.39, 0.29) is 10.8 Å². The van der Waals surface area contributed by atoms with Gasteiger partial charge in [0.15, 0.2) is 0 Å². The summed E-state index contributed by atoms with van der Waals surface area (Å²) in [6.07, 6.45) is 4.58. The molecule has 19 heavy (non-hydrogen) atoms. The zero-order valence-corrected chi connectivity index (χ0v) is 12.1. The summed E-state index contributed by atoms with van der Waals surface area (Å²) in [6.45, 7) is 4.71. The highest BCUT2D eigenvalue weighted by Gasteiger charge is 2.53. The SMILES string of the molecule is COc1ccc2c(c1)C1(CCC(=O)CC1)C(C)(C)C2. The van der Waals surface area contributed by atoms with E-state index in [1.54, 1.807) is 7.11 Å². The standard InChI is InChI=1S/C17H22O2/c1-16(2)11-12-4-5-14(19-3)10-15(12)17(16)8-6-13(18)7-9-17/h4-5,10H,6-9,11H2,1-3H3. The number of ketones is 1. The van der Waals surface area contributed by atoms with Crippen molar-refractivity contribution in [3.05, 3.63) is 29.3 Å². The van der Waals surface area contributed by atoms with Gasteiger partial charge in [-0.1, -0.05) is 19.9 Å². The maximum Gasteiger partial charge on any atom is 0.132 e. The molecule has 0 unspecified atom stereocenters. The summed E-state index contributed by atoms with van der Waals surface area (Å²) in [4.78, 5) is 11.6. The molecule has 0 radical (unpaired) electrons. The Morgan fingerprint density at radius 3 is 2.47 bits per heavy atom. The maximum absolute atomic E-state index is 11.6. The summed E-state index contributed by atoms with van der Waals surface area (Å²) in [5.74, 6) is 1.37. The molecule has 0 heterocycles. The summed E-state index contributed by atoms with van der Waals surface area (Å²) in [6, 6.07) is 6.48. The van der Waals surface area contributed by atoms with Crippen molar-refractivity contribution < 1.29 is 9.53 Å². The van der Waals surface area contributed by atoms with Crippen LogP contribution in [0.3, 0.4) is 0 Å². The molecule has 2 aliphatic carbocycles. The molecule has 3 rings (SSSR count). The summed E-state index contributed by atoms with van der Waals surface area (Å²) in [7, 11) is 1.72. The molecule has 1 saturated carbocycles. The van der Waals surface area contributed by atoms with Gasteiger partial charge in [-0.2, -0.15) is 0 Å². The van der Waals surface area contributed by atoms with E-state index in [4.69, 9.17) is 4.74 Å². The van der Waals surface area contributed by atoms with E-state index in [9.17, 15) is 4.79 Å². The molecule has 2 heteroatoms. The quantitative estimate of drug-likeness (QED) is 0.768. The van der Waals surface area contributed by atoms with Gasteiger partial charge in [-0.3, -0.25) is 4.79 Å². The monoisotopic (exact) mass is 258 g/mol. The Labute approximate surface area is 115 Å². The Morgan fingerprint density at radius 2 is 1.84 bits per heavy atom. The topological polar surface area (TPSA) is 26.3 Å². The van der Waals surface area contributed by atoms with Crippen molar-refractivity contribution in [2.24, 2.45) is 5.41 Å². The lowest BCUT2D eigenvalue weighted by Crippen LogP contribution is -2.42. The van der Waals surface area contributed by atoms with Crippen molar-refractivity contribution >= 4 is 5.78 Å². The van der Waals surface area contributed by atoms with Crippen LogP contribution in [0.5, 0.6) is 5.75 Å². The molecule has 1 spiro atoms. The molecule has 0 aromatic heterocycles. The zero-order chi connectivity index (χ0) is 13.7. The average molecular weight is 258 g/mol. The van der Waals surface area contributed by atoms with Gasteiger partial charge in [0.2, 0.25) is 0 Å². The Bertz CT molecular complexity index is 518. The number of benzene rings is 1. The van der Waals surface area contributed by atoms with Crippen LogP contribution in [0.4, 0.5) is 0 Å². The molecule has 2 nitrogen and oxygen atoms in total. The molecule has 0 amide bonds. The minimum atomic E-state index is 0.171. The van der Waals surface area contributed by atoms with E-state index in [2.05, 4.69) is 32.0 Å². The molecule has 0 saturated heterocycles. The van der Waals surface area contributed by atoms with Crippen molar-refractivity contribution in [2.45, 2.75) is 51.4 Å². The summed E-state index contributed by atoms with van der Waals surface area (Å²) >= 11 is 0. The lowest BCUT2D eigenvalue weighted by molar-refractivity contribution is -0.122. The van der Waals surface area contributed by atoms with Crippen molar-refractivity contribution in [3.63, 3.8) is 0 Å². The van der Waals surface area contributed by atoms with Gasteiger partial charge in [0, 0.05) is 18.3 Å². The number of hydrogen-bond acceptors (Lipinski definition) is 2. The van der Waals surface area contributed by atoms with E-state index < -0.39 is 0 Å². The first-order valence-electron chi connectivity index (χ1n) is 7.18. The van der Waals surface area contributed by atoms with Crippen LogP contribution in [0.2, 0.25) is 0 Å². The molecule has 0 bridgehead atoms. The van der Waals surface area contributed by atoms with E-state index in [1.165, 1.54) is 11.1 Å². The number of hydrogen-bond donors (Lipinski definition) is 0. The Kier molecular flexibility index (Phi) is 2.74. The molecular formula is C17H22O2. The second-order valence-electron chi connectivity index (χ2n) is 6.70. The third kappa shape index (κ3) is 1.73. The lowest BCUT2D eigenvalue weighted by atomic mass is 9.58. The fourth-order valence-electron chi connectivity index (χ4n) is 4.19. The maximum atomic E-state index is 11.6. The van der Waals surface area contributed by atoms with Gasteiger partial charge in [0.25, 0.3) is 0 Å². The van der Waals surface area contributed by atoms with Crippen LogP contribution in [0, 0.1) is 5.41 Å². The predicted molar refractivity (Wildman–Crippen MR) is 75.6 cm³/mol. The first-order chi connectivity index (χ1) is 8.98. The Hall–Kier alpha value is -1.31. The van der Waals surface area contributed by atoms with Gasteiger partial charge < -0.3 is 4.74 Å². The summed E-state index contributed by atoms with van der Waals surface area (Å²) in [5.41, 5.74) is 3.29. The van der Waals surface area contributed by atoms with Gasteiger partial charge in [0.05, 0.1) is 7.11 Å². The summed E-state index contributed by atoms with van der Waals surface area (Å²) < 4.78 is 5.40. The molecule has 102 valence electrons. The van der Waals surface area contributed by atoms with Gasteiger partial charge in [-0.15, -0.1) is 0 Å². The molecule has 0 N–H and O–H groups in total. The second kappa shape index (κ2) is 4.09. The number of carbonyl (C=O) groups excluding carboxylic acids is 1. The van der Waals surface area contributed by atoms with Gasteiger partial charge >= 0.3 is 0 Å². The van der Waals surface area contributed by atoms with Crippen molar-refractivity contribution in [3.8, 4) is 5.75 Å². The molecule has 2 aliphatic rings. The summed E-state index contributed by atoms with van der Waals surface area (Å²) in [5, 5.41) is 0. The highest BCUT2D eigenvalue weighted by molar-refractivity contribution is 5.80. The van der Waals surface area contributed by atoms with Crippen LogP contribution in [0.15, 0.2) is 18.2 Å². The second-order valence-corrected chi connectivity index (χ2v) is 6.70. The number of ether oxygens (including phenoxy) is 1. The molecular weight excluding hydrogens is 236 g/mol. The van der Waals surface area contributed by atoms with Crippen LogP contribution in [-0.2, 0) is 16.6 Å². The largest absolute Gasteiger partial charge is 0.497 e. The Balaban J connectivity index is 2.10. The highest BCUT2D eigenvalue weighted by atomic mass is 16.5. The lowest BCUT2D eigenvalue weighted by Gasteiger charge is -2.45. The molecule has 1 fully saturated rings. The third-order valence-corrected chi connectivity index (χ3v) is 5.42. The minimum absolute atomic E-state index is 0.171. The fraction of sp³-hybridized carbons (Fsp3) is 0.588. The van der Waals surface area contributed by atoms with E-state index in [0.717, 1.165) is 37.9 Å². The molecule has 1 aromatic rings. The van der Waals surface area contributed by atoms with E-state index in [1.807, 2.05) is 0 Å². The fourth-order valence-corrected chi connectivity index (χ4v) is 4.19. The normalized spacial score (nSPS) is 23.4. The number of fused-ring (bicyclic) bond motifs is 2. The number of Topliss-reactive ketones (excluding diaryl/α,β-unsaturated/α-hetero) is 1. The average Bonchev–Trinajstić information content (AvgIpc) is 2.60. The van der Waals surface area contributed by atoms with Crippen LogP contribution < -0.4 is 4.74 Å². The smallest absolute Gasteiger partial charge is 0.132 e. The number of rotatable bonds is 1. The highest BCUT2D eigenvalue weighted by Crippen LogP contribution is 2.58. The van der Waals surface area contributed by atoms with Gasteiger partial charge in [-0.05, 0) is 47.9 Å². The zero-order valence-electron chi connectivity index (χ0n) is 12.1. The van der Waals surface area contributed by atoms with E-state index >= 15 is 0 Å². The van der Waals surface area contributed by atoms with Crippen LogP contribution in [0.1, 0.15) is 50.7 Å². The van der Waals surface area contributed by atoms with Crippen molar-refractivity contribution in [1.82, 2.24) is 0 Å². The van der Waals surface area contributed by atoms with Gasteiger partial charge in [0.1, 0.15) is 11.5 Å². The third-order valence-electron chi connectivity index (χ3n) is 5.42.